The molecule has 4 rings (SSSR count). The lowest BCUT2D eigenvalue weighted by Gasteiger charge is -2.50. The molecule has 43 heavy (non-hydrogen) atoms. The molecule has 1 fully saturated rings. The van der Waals surface area contributed by atoms with Crippen molar-refractivity contribution in [1.29, 1.82) is 0 Å². The van der Waals surface area contributed by atoms with Gasteiger partial charge in [0, 0.05) is 31.7 Å². The van der Waals surface area contributed by atoms with E-state index >= 15 is 0 Å². The predicted octanol–water partition coefficient (Wildman–Crippen LogP) is 3.23. The van der Waals surface area contributed by atoms with E-state index in [1.807, 2.05) is 49.4 Å². The second kappa shape index (κ2) is 14.4. The molecule has 1 saturated heterocycles. The predicted molar refractivity (Wildman–Crippen MR) is 161 cm³/mol. The molecule has 0 spiro atoms. The van der Waals surface area contributed by atoms with Crippen molar-refractivity contribution < 1.29 is 29.0 Å². The van der Waals surface area contributed by atoms with Crippen LogP contribution in [0, 0.1) is 0 Å². The molecule has 0 bridgehead atoms. The molecule has 3 aromatic rings. The molecule has 0 saturated carbocycles. The third-order valence-electron chi connectivity index (χ3n) is 7.47. The normalized spacial score (nSPS) is 16.0. The largest absolute Gasteiger partial charge is 0.508 e. The fourth-order valence-electron chi connectivity index (χ4n) is 5.44. The molecule has 0 radical (unpaired) electrons. The highest BCUT2D eigenvalue weighted by atomic mass is 16.5. The van der Waals surface area contributed by atoms with E-state index in [-0.39, 0.29) is 37.3 Å². The zero-order valence-corrected chi connectivity index (χ0v) is 25.0. The molecule has 1 aliphatic rings. The summed E-state index contributed by atoms with van der Waals surface area (Å²) < 4.78 is 11.0. The Morgan fingerprint density at radius 1 is 1.05 bits per heavy atom. The van der Waals surface area contributed by atoms with Crippen LogP contribution in [0.4, 0.5) is 4.79 Å². The van der Waals surface area contributed by atoms with Gasteiger partial charge in [0.1, 0.15) is 11.9 Å². The van der Waals surface area contributed by atoms with Crippen LogP contribution in [0.3, 0.4) is 0 Å². The van der Waals surface area contributed by atoms with Gasteiger partial charge in [0.05, 0.1) is 27.3 Å². The molecule has 1 unspecified atom stereocenters. The van der Waals surface area contributed by atoms with Gasteiger partial charge < -0.3 is 29.7 Å². The van der Waals surface area contributed by atoms with Crippen LogP contribution < -0.4 is 14.8 Å². The lowest BCUT2D eigenvalue weighted by molar-refractivity contribution is -0.170. The molecular formula is C32H39N5O6. The Morgan fingerprint density at radius 3 is 2.42 bits per heavy atom. The number of nitrogens with one attached hydrogen (secondary N) is 1. The van der Waals surface area contributed by atoms with Crippen LogP contribution in [-0.2, 0) is 29.1 Å². The molecule has 3 aromatic carbocycles. The number of rotatable bonds is 12. The smallest absolute Gasteiger partial charge is 0.334 e. The summed E-state index contributed by atoms with van der Waals surface area (Å²) in [6.45, 7) is 2.40. The first-order chi connectivity index (χ1) is 20.7. The summed E-state index contributed by atoms with van der Waals surface area (Å²) in [4.78, 5) is 43.0. The molecule has 11 heteroatoms. The van der Waals surface area contributed by atoms with E-state index in [4.69, 9.17) is 9.47 Å². The molecule has 0 aromatic heterocycles. The van der Waals surface area contributed by atoms with E-state index in [9.17, 15) is 19.5 Å². The number of nitrogens with zero attached hydrogens (tertiary/aromatic N) is 4. The summed E-state index contributed by atoms with van der Waals surface area (Å²) in [6.07, 6.45) is 0.383. The number of carbonyl (C=O) groups is 3. The zero-order chi connectivity index (χ0) is 30.9. The summed E-state index contributed by atoms with van der Waals surface area (Å²) in [5.41, 5.74) is 2.57. The quantitative estimate of drug-likeness (QED) is 0.312. The minimum absolute atomic E-state index is 0.0139. The average molecular weight is 590 g/mol. The minimum Gasteiger partial charge on any atom is -0.508 e. The van der Waals surface area contributed by atoms with Gasteiger partial charge in [-0.2, -0.15) is 0 Å². The van der Waals surface area contributed by atoms with Crippen molar-refractivity contribution in [3.05, 3.63) is 89.5 Å². The molecule has 228 valence electrons. The van der Waals surface area contributed by atoms with E-state index in [1.165, 1.54) is 17.0 Å². The average Bonchev–Trinajstić information content (AvgIpc) is 3.00. The summed E-state index contributed by atoms with van der Waals surface area (Å²) >= 11 is 0. The first kappa shape index (κ1) is 31.2. The minimum atomic E-state index is -0.809. The number of methoxy groups -OCH3 is 2. The molecule has 11 nitrogen and oxygen atoms in total. The molecule has 1 aliphatic heterocycles. The zero-order valence-electron chi connectivity index (χ0n) is 25.0. The maximum Gasteiger partial charge on any atom is 0.334 e. The number of aromatic hydroxyl groups is 1. The van der Waals surface area contributed by atoms with E-state index in [1.54, 1.807) is 54.4 Å². The standard InChI is InChI=1S/C32H39N5O6/c1-23(17-24-13-15-27(39)16-14-24)36-29(20-35(22-38)19-26-11-8-12-28(42-3)31(26)43-4)37(34(2)21-30(36)40)32(41)33-18-25-9-6-5-7-10-25/h5-16,22-23,29,39H,17-21H2,1-4H3,(H,33,41)/t23-,29?/m1/s1. The van der Waals surface area contributed by atoms with Gasteiger partial charge in [-0.3, -0.25) is 9.59 Å². The second-order valence-corrected chi connectivity index (χ2v) is 10.5. The first-order valence-electron chi connectivity index (χ1n) is 14.1. The van der Waals surface area contributed by atoms with Crippen LogP contribution in [0.15, 0.2) is 72.8 Å². The first-order valence-corrected chi connectivity index (χ1v) is 14.1. The lowest BCUT2D eigenvalue weighted by atomic mass is 10.0. The topological polar surface area (TPSA) is 115 Å². The Kier molecular flexibility index (Phi) is 10.4. The molecule has 2 N–H and O–H groups in total. The number of phenols is 1. The van der Waals surface area contributed by atoms with Crippen molar-refractivity contribution in [3.63, 3.8) is 0 Å². The third kappa shape index (κ3) is 7.55. The van der Waals surface area contributed by atoms with Crippen molar-refractivity contribution in [2.24, 2.45) is 0 Å². The van der Waals surface area contributed by atoms with Gasteiger partial charge in [0.15, 0.2) is 11.5 Å². The van der Waals surface area contributed by atoms with Crippen LogP contribution in [0.5, 0.6) is 17.2 Å². The van der Waals surface area contributed by atoms with E-state index in [0.29, 0.717) is 36.4 Å². The van der Waals surface area contributed by atoms with Gasteiger partial charge in [-0.05, 0) is 42.7 Å². The maximum atomic E-state index is 13.7. The number of phenolic OH excluding ortho intramolecular Hbond substituents is 1. The third-order valence-corrected chi connectivity index (χ3v) is 7.47. The summed E-state index contributed by atoms with van der Waals surface area (Å²) in [6, 6.07) is 21.1. The Labute approximate surface area is 252 Å². The van der Waals surface area contributed by atoms with Crippen LogP contribution in [-0.4, -0.2) is 89.8 Å². The fourth-order valence-corrected chi connectivity index (χ4v) is 5.44. The Balaban J connectivity index is 1.65. The van der Waals surface area contributed by atoms with E-state index < -0.39 is 12.2 Å². The van der Waals surface area contributed by atoms with Crippen LogP contribution in [0.25, 0.3) is 0 Å². The monoisotopic (exact) mass is 589 g/mol. The number of para-hydroxylation sites is 1. The highest BCUT2D eigenvalue weighted by Gasteiger charge is 2.43. The van der Waals surface area contributed by atoms with Crippen molar-refractivity contribution >= 4 is 18.3 Å². The number of hydrogen-bond acceptors (Lipinski definition) is 7. The second-order valence-electron chi connectivity index (χ2n) is 10.5. The lowest BCUT2D eigenvalue weighted by Crippen LogP contribution is -2.71. The van der Waals surface area contributed by atoms with Gasteiger partial charge in [-0.1, -0.05) is 54.6 Å². The van der Waals surface area contributed by atoms with Gasteiger partial charge in [0.25, 0.3) is 0 Å². The van der Waals surface area contributed by atoms with Gasteiger partial charge in [-0.25, -0.2) is 14.8 Å². The summed E-state index contributed by atoms with van der Waals surface area (Å²) in [5, 5.41) is 15.8. The molecular weight excluding hydrogens is 550 g/mol. The number of benzene rings is 3. The SMILES string of the molecule is COc1cccc(CN(C=O)CC2N([C@H](C)Cc3ccc(O)cc3)C(=O)CN(C)N2C(=O)NCc2ccccc2)c1OC. The van der Waals surface area contributed by atoms with Gasteiger partial charge in [-0.15, -0.1) is 0 Å². The van der Waals surface area contributed by atoms with Crippen molar-refractivity contribution in [2.75, 3.05) is 34.4 Å². The van der Waals surface area contributed by atoms with Crippen LogP contribution >= 0.6 is 0 Å². The number of likely N-dealkylation sites (N-methyl/N-ethyl adjacent to an activating group) is 1. The summed E-state index contributed by atoms with van der Waals surface area (Å²) in [5.74, 6) is 1.02. The maximum absolute atomic E-state index is 13.7. The Bertz CT molecular complexity index is 1390. The number of amides is 4. The van der Waals surface area contributed by atoms with Crippen molar-refractivity contribution in [2.45, 2.75) is 38.6 Å². The van der Waals surface area contributed by atoms with E-state index in [2.05, 4.69) is 5.32 Å². The molecule has 2 atom stereocenters. The molecule has 0 aliphatic carbocycles. The Hall–Kier alpha value is -4.77. The molecule has 4 amide bonds. The number of carbonyl (C=O) groups excluding carboxylic acids is 3. The number of ether oxygens (including phenoxy) is 2. The molecule has 1 heterocycles. The van der Waals surface area contributed by atoms with Crippen molar-refractivity contribution in [1.82, 2.24) is 25.1 Å². The number of hydrazine groups is 1. The Morgan fingerprint density at radius 2 is 1.77 bits per heavy atom. The van der Waals surface area contributed by atoms with Crippen molar-refractivity contribution in [3.8, 4) is 17.2 Å². The number of hydrogen-bond donors (Lipinski definition) is 2. The van der Waals surface area contributed by atoms with Gasteiger partial charge >= 0.3 is 6.03 Å². The highest BCUT2D eigenvalue weighted by molar-refractivity contribution is 5.82. The summed E-state index contributed by atoms with van der Waals surface area (Å²) in [7, 11) is 4.76. The van der Waals surface area contributed by atoms with Crippen LogP contribution in [0.2, 0.25) is 0 Å². The number of urea groups is 1. The van der Waals surface area contributed by atoms with Crippen LogP contribution in [0.1, 0.15) is 23.6 Å². The highest BCUT2D eigenvalue weighted by Crippen LogP contribution is 2.32. The van der Waals surface area contributed by atoms with E-state index in [0.717, 1.165) is 11.1 Å². The van der Waals surface area contributed by atoms with Gasteiger partial charge in [0.2, 0.25) is 12.3 Å². The fraction of sp³-hybridized carbons (Fsp3) is 0.344.